The van der Waals surface area contributed by atoms with Gasteiger partial charge in [0.05, 0.1) is 5.54 Å². The van der Waals surface area contributed by atoms with Crippen LogP contribution in [0, 0.1) is 0 Å². The van der Waals surface area contributed by atoms with Gasteiger partial charge < -0.3 is 15.0 Å². The van der Waals surface area contributed by atoms with E-state index in [0.717, 1.165) is 12.8 Å². The molecule has 2 N–H and O–H groups in total. The fourth-order valence-electron chi connectivity index (χ4n) is 1.24. The van der Waals surface area contributed by atoms with Crippen LogP contribution in [0.3, 0.4) is 0 Å². The van der Waals surface area contributed by atoms with E-state index in [1.165, 1.54) is 0 Å². The molecule has 1 aromatic heterocycles. The second kappa shape index (κ2) is 4.72. The Balaban J connectivity index is 2.82. The van der Waals surface area contributed by atoms with Crippen molar-refractivity contribution in [2.24, 2.45) is 5.73 Å². The van der Waals surface area contributed by atoms with Crippen molar-refractivity contribution in [3.63, 3.8) is 0 Å². The molecule has 0 saturated heterocycles. The molecule has 15 heavy (non-hydrogen) atoms. The molecule has 86 valence electrons. The molecule has 0 spiro atoms. The van der Waals surface area contributed by atoms with E-state index in [9.17, 15) is 0 Å². The van der Waals surface area contributed by atoms with E-state index in [-0.39, 0.29) is 6.10 Å². The number of nitrogens with two attached hydrogens (primary N) is 1. The SMILES string of the molecule is CCCC(OC)c1noc(C(C)(C)N)n1. The lowest BCUT2D eigenvalue weighted by Gasteiger charge is -2.11. The van der Waals surface area contributed by atoms with Crippen molar-refractivity contribution in [3.8, 4) is 0 Å². The minimum absolute atomic E-state index is 0.102. The van der Waals surface area contributed by atoms with Gasteiger partial charge in [-0.1, -0.05) is 18.5 Å². The van der Waals surface area contributed by atoms with Crippen molar-refractivity contribution in [2.45, 2.75) is 45.3 Å². The number of hydrogen-bond donors (Lipinski definition) is 1. The van der Waals surface area contributed by atoms with Gasteiger partial charge >= 0.3 is 0 Å². The first-order valence-corrected chi connectivity index (χ1v) is 5.14. The van der Waals surface area contributed by atoms with Gasteiger partial charge in [0.25, 0.3) is 0 Å². The summed E-state index contributed by atoms with van der Waals surface area (Å²) in [6, 6.07) is 0. The van der Waals surface area contributed by atoms with Gasteiger partial charge in [0.2, 0.25) is 11.7 Å². The molecule has 5 heteroatoms. The summed E-state index contributed by atoms with van der Waals surface area (Å²) >= 11 is 0. The normalized spacial score (nSPS) is 14.2. The summed E-state index contributed by atoms with van der Waals surface area (Å²) in [5, 5.41) is 3.88. The second-order valence-electron chi connectivity index (χ2n) is 4.19. The fraction of sp³-hybridized carbons (Fsp3) is 0.800. The maximum Gasteiger partial charge on any atom is 0.246 e. The number of hydrogen-bond acceptors (Lipinski definition) is 5. The van der Waals surface area contributed by atoms with E-state index in [4.69, 9.17) is 15.0 Å². The molecule has 1 rings (SSSR count). The maximum atomic E-state index is 5.85. The van der Waals surface area contributed by atoms with Crippen LogP contribution >= 0.6 is 0 Å². The zero-order valence-electron chi connectivity index (χ0n) is 9.78. The summed E-state index contributed by atoms with van der Waals surface area (Å²) in [6.07, 6.45) is 1.78. The molecule has 0 radical (unpaired) electrons. The van der Waals surface area contributed by atoms with Crippen LogP contribution in [0.5, 0.6) is 0 Å². The van der Waals surface area contributed by atoms with E-state index >= 15 is 0 Å². The van der Waals surface area contributed by atoms with Crippen LogP contribution in [0.2, 0.25) is 0 Å². The van der Waals surface area contributed by atoms with E-state index < -0.39 is 5.54 Å². The molecule has 0 fully saturated rings. The number of nitrogens with zero attached hydrogens (tertiary/aromatic N) is 2. The third kappa shape index (κ3) is 3.00. The monoisotopic (exact) mass is 213 g/mol. The fourth-order valence-corrected chi connectivity index (χ4v) is 1.24. The topological polar surface area (TPSA) is 74.2 Å². The van der Waals surface area contributed by atoms with E-state index in [2.05, 4.69) is 17.1 Å². The quantitative estimate of drug-likeness (QED) is 0.806. The van der Waals surface area contributed by atoms with Crippen molar-refractivity contribution in [1.82, 2.24) is 10.1 Å². The number of aromatic nitrogens is 2. The third-order valence-electron chi connectivity index (χ3n) is 2.12. The van der Waals surface area contributed by atoms with Crippen LogP contribution in [0.1, 0.15) is 51.4 Å². The lowest BCUT2D eigenvalue weighted by molar-refractivity contribution is 0.0854. The summed E-state index contributed by atoms with van der Waals surface area (Å²) in [4.78, 5) is 4.24. The molecule has 0 aromatic carbocycles. The van der Waals surface area contributed by atoms with Crippen LogP contribution in [0.4, 0.5) is 0 Å². The minimum atomic E-state index is -0.601. The summed E-state index contributed by atoms with van der Waals surface area (Å²) in [5.41, 5.74) is 5.25. The van der Waals surface area contributed by atoms with Crippen molar-refractivity contribution >= 4 is 0 Å². The smallest absolute Gasteiger partial charge is 0.246 e. The van der Waals surface area contributed by atoms with Crippen LogP contribution in [-0.2, 0) is 10.3 Å². The number of ether oxygens (including phenoxy) is 1. The molecular weight excluding hydrogens is 194 g/mol. The molecule has 1 unspecified atom stereocenters. The second-order valence-corrected chi connectivity index (χ2v) is 4.19. The molecule has 0 aliphatic rings. The Kier molecular flexibility index (Phi) is 3.82. The Labute approximate surface area is 90.0 Å². The molecule has 0 amide bonds. The summed E-state index contributed by atoms with van der Waals surface area (Å²) in [6.45, 7) is 5.73. The predicted molar refractivity (Wildman–Crippen MR) is 56.2 cm³/mol. The summed E-state index contributed by atoms with van der Waals surface area (Å²) < 4.78 is 10.4. The Bertz CT molecular complexity index is 304. The van der Waals surface area contributed by atoms with E-state index in [1.54, 1.807) is 7.11 Å². The minimum Gasteiger partial charge on any atom is -0.373 e. The molecule has 1 heterocycles. The van der Waals surface area contributed by atoms with Crippen molar-refractivity contribution < 1.29 is 9.26 Å². The lowest BCUT2D eigenvalue weighted by Crippen LogP contribution is -2.29. The molecular formula is C10H19N3O2. The Morgan fingerprint density at radius 2 is 2.20 bits per heavy atom. The first-order chi connectivity index (χ1) is 6.99. The summed E-state index contributed by atoms with van der Waals surface area (Å²) in [7, 11) is 1.64. The molecule has 0 aliphatic carbocycles. The van der Waals surface area contributed by atoms with Gasteiger partial charge in [-0.25, -0.2) is 0 Å². The highest BCUT2D eigenvalue weighted by atomic mass is 16.5. The van der Waals surface area contributed by atoms with Crippen LogP contribution in [-0.4, -0.2) is 17.3 Å². The van der Waals surface area contributed by atoms with Gasteiger partial charge in [0.1, 0.15) is 6.10 Å². The maximum absolute atomic E-state index is 5.85. The first-order valence-electron chi connectivity index (χ1n) is 5.14. The largest absolute Gasteiger partial charge is 0.373 e. The van der Waals surface area contributed by atoms with Gasteiger partial charge in [-0.2, -0.15) is 4.98 Å². The van der Waals surface area contributed by atoms with E-state index in [1.807, 2.05) is 13.8 Å². The Morgan fingerprint density at radius 3 is 2.60 bits per heavy atom. The first kappa shape index (κ1) is 12.1. The Morgan fingerprint density at radius 1 is 1.53 bits per heavy atom. The molecule has 5 nitrogen and oxygen atoms in total. The summed E-state index contributed by atoms with van der Waals surface area (Å²) in [5.74, 6) is 1.02. The van der Waals surface area contributed by atoms with Gasteiger partial charge in [0, 0.05) is 7.11 Å². The van der Waals surface area contributed by atoms with E-state index in [0.29, 0.717) is 11.7 Å². The van der Waals surface area contributed by atoms with Crippen molar-refractivity contribution in [2.75, 3.05) is 7.11 Å². The molecule has 1 aromatic rings. The Hall–Kier alpha value is -0.940. The molecule has 0 bridgehead atoms. The third-order valence-corrected chi connectivity index (χ3v) is 2.12. The highest BCUT2D eigenvalue weighted by Gasteiger charge is 2.25. The van der Waals surface area contributed by atoms with Gasteiger partial charge in [-0.3, -0.25) is 0 Å². The van der Waals surface area contributed by atoms with Gasteiger partial charge in [-0.15, -0.1) is 0 Å². The lowest BCUT2D eigenvalue weighted by atomic mass is 10.1. The van der Waals surface area contributed by atoms with Crippen LogP contribution in [0.25, 0.3) is 0 Å². The van der Waals surface area contributed by atoms with Crippen molar-refractivity contribution in [3.05, 3.63) is 11.7 Å². The molecule has 0 aliphatic heterocycles. The molecule has 1 atom stereocenters. The van der Waals surface area contributed by atoms with Crippen molar-refractivity contribution in [1.29, 1.82) is 0 Å². The predicted octanol–water partition coefficient (Wildman–Crippen LogP) is 1.75. The van der Waals surface area contributed by atoms with Crippen LogP contribution in [0.15, 0.2) is 4.52 Å². The van der Waals surface area contributed by atoms with Gasteiger partial charge in [-0.05, 0) is 20.3 Å². The van der Waals surface area contributed by atoms with Crippen LogP contribution < -0.4 is 5.73 Å². The number of rotatable bonds is 5. The zero-order valence-corrected chi connectivity index (χ0v) is 9.78. The average molecular weight is 213 g/mol. The highest BCUT2D eigenvalue weighted by molar-refractivity contribution is 4.99. The van der Waals surface area contributed by atoms with Gasteiger partial charge in [0.15, 0.2) is 0 Å². The average Bonchev–Trinajstić information content (AvgIpc) is 2.62. The number of methoxy groups -OCH3 is 1. The standard InChI is InChI=1S/C10H19N3O2/c1-5-6-7(14-4)8-12-9(15-13-8)10(2,3)11/h7H,5-6,11H2,1-4H3. The highest BCUT2D eigenvalue weighted by Crippen LogP contribution is 2.21. The molecule has 0 saturated carbocycles. The zero-order chi connectivity index (χ0) is 11.5.